The van der Waals surface area contributed by atoms with Crippen molar-refractivity contribution in [3.05, 3.63) is 42.4 Å². The van der Waals surface area contributed by atoms with Crippen LogP contribution in [-0.4, -0.2) is 55.2 Å². The van der Waals surface area contributed by atoms with Crippen molar-refractivity contribution in [1.82, 2.24) is 20.5 Å². The number of nitrogens with zero attached hydrogens (tertiary/aromatic N) is 2. The molecular formula is C19H25F3N4O2. The Hall–Kier alpha value is -2.39. The zero-order chi connectivity index (χ0) is 20.6. The average Bonchev–Trinajstić information content (AvgIpc) is 3.19. The van der Waals surface area contributed by atoms with Crippen molar-refractivity contribution in [2.45, 2.75) is 25.6 Å². The highest BCUT2D eigenvalue weighted by molar-refractivity contribution is 5.55. The predicted molar refractivity (Wildman–Crippen MR) is 99.5 cm³/mol. The van der Waals surface area contributed by atoms with Gasteiger partial charge < -0.3 is 15.1 Å². The molecule has 0 unspecified atom stereocenters. The molecule has 0 spiro atoms. The fourth-order valence-electron chi connectivity index (χ4n) is 2.81. The van der Waals surface area contributed by atoms with Gasteiger partial charge in [-0.1, -0.05) is 30.3 Å². The monoisotopic (exact) mass is 398 g/mol. The van der Waals surface area contributed by atoms with E-state index < -0.39 is 12.7 Å². The van der Waals surface area contributed by atoms with E-state index in [0.717, 1.165) is 43.4 Å². The summed E-state index contributed by atoms with van der Waals surface area (Å²) >= 11 is 0. The van der Waals surface area contributed by atoms with Crippen LogP contribution < -0.4 is 10.6 Å². The predicted octanol–water partition coefficient (Wildman–Crippen LogP) is 2.78. The van der Waals surface area contributed by atoms with Gasteiger partial charge >= 0.3 is 6.18 Å². The zero-order valence-corrected chi connectivity index (χ0v) is 15.9. The molecule has 0 radical (unpaired) electrons. The number of nitrogens with one attached hydrogen (secondary N) is 2. The maximum Gasteiger partial charge on any atom is 0.405 e. The van der Waals surface area contributed by atoms with Crippen LogP contribution in [0.4, 0.5) is 13.2 Å². The van der Waals surface area contributed by atoms with E-state index in [4.69, 9.17) is 4.42 Å². The minimum absolute atomic E-state index is 0.00743. The van der Waals surface area contributed by atoms with Gasteiger partial charge in [-0.2, -0.15) is 13.2 Å². The third-order valence-corrected chi connectivity index (χ3v) is 4.38. The summed E-state index contributed by atoms with van der Waals surface area (Å²) in [6.45, 7) is 7.20. The highest BCUT2D eigenvalue weighted by Gasteiger charge is 2.34. The number of oxazole rings is 1. The Labute approximate surface area is 162 Å². The topological polar surface area (TPSA) is 70.4 Å². The fourth-order valence-corrected chi connectivity index (χ4v) is 2.81. The highest BCUT2D eigenvalue weighted by atomic mass is 19.4. The molecule has 28 heavy (non-hydrogen) atoms. The van der Waals surface area contributed by atoms with Crippen LogP contribution in [0.2, 0.25) is 0 Å². The van der Waals surface area contributed by atoms with Crippen molar-refractivity contribution in [2.24, 2.45) is 0 Å². The van der Waals surface area contributed by atoms with Gasteiger partial charge in [0, 0.05) is 31.7 Å². The molecule has 1 aromatic carbocycles. The summed E-state index contributed by atoms with van der Waals surface area (Å²) in [6.07, 6.45) is -2.46. The number of hydrogen-bond donors (Lipinski definition) is 2. The molecule has 2 aromatic rings. The molecule has 1 amide bonds. The van der Waals surface area contributed by atoms with Crippen LogP contribution in [0, 0.1) is 0 Å². The fraction of sp³-hybridized carbons (Fsp3) is 0.474. The van der Waals surface area contributed by atoms with E-state index in [0.29, 0.717) is 0 Å². The Morgan fingerprint density at radius 1 is 1.21 bits per heavy atom. The van der Waals surface area contributed by atoms with E-state index in [1.54, 1.807) is 0 Å². The minimum atomic E-state index is -4.29. The largest absolute Gasteiger partial charge is 0.439 e. The molecule has 0 aliphatic carbocycles. The Morgan fingerprint density at radius 3 is 2.39 bits per heavy atom. The van der Waals surface area contributed by atoms with Crippen molar-refractivity contribution in [3.63, 3.8) is 0 Å². The van der Waals surface area contributed by atoms with Crippen LogP contribution in [0.1, 0.15) is 19.7 Å². The summed E-state index contributed by atoms with van der Waals surface area (Å²) in [7, 11) is 0. The second-order valence-electron chi connectivity index (χ2n) is 6.81. The standard InChI is InChI=1S/C16H21N3O.C3H4F3NO/c1-16(2,19-10-8-17-9-11-19)15-18-12-14(20-15)13-6-4-3-5-7-13;4-3(5,6)1-7-2-8/h3-7,12,17H,8-11H2,1-2H3;2H,1H2,(H,7,8). The number of hydrogen-bond acceptors (Lipinski definition) is 5. The smallest absolute Gasteiger partial charge is 0.405 e. The lowest BCUT2D eigenvalue weighted by Gasteiger charge is -2.38. The van der Waals surface area contributed by atoms with Gasteiger partial charge in [0.15, 0.2) is 5.76 Å². The maximum absolute atomic E-state index is 11.0. The van der Waals surface area contributed by atoms with Crippen molar-refractivity contribution >= 4 is 6.41 Å². The summed E-state index contributed by atoms with van der Waals surface area (Å²) in [5.74, 6) is 1.63. The zero-order valence-electron chi connectivity index (χ0n) is 15.9. The molecule has 154 valence electrons. The lowest BCUT2D eigenvalue weighted by molar-refractivity contribution is -0.132. The second-order valence-corrected chi connectivity index (χ2v) is 6.81. The van der Waals surface area contributed by atoms with E-state index in [1.165, 1.54) is 5.32 Å². The molecule has 0 bridgehead atoms. The van der Waals surface area contributed by atoms with Crippen LogP contribution in [0.3, 0.4) is 0 Å². The van der Waals surface area contributed by atoms with E-state index in [1.807, 2.05) is 36.5 Å². The molecular weight excluding hydrogens is 373 g/mol. The molecule has 6 nitrogen and oxygen atoms in total. The van der Waals surface area contributed by atoms with Crippen molar-refractivity contribution < 1.29 is 22.4 Å². The van der Waals surface area contributed by atoms with Crippen molar-refractivity contribution in [3.8, 4) is 11.3 Å². The quantitative estimate of drug-likeness (QED) is 0.758. The number of aromatic nitrogens is 1. The number of carbonyl (C=O) groups excluding carboxylic acids is 1. The normalized spacial score (nSPS) is 15.5. The van der Waals surface area contributed by atoms with Crippen molar-refractivity contribution in [2.75, 3.05) is 32.7 Å². The maximum atomic E-state index is 11.0. The van der Waals surface area contributed by atoms with Gasteiger partial charge in [-0.25, -0.2) is 4.98 Å². The summed E-state index contributed by atoms with van der Waals surface area (Å²) < 4.78 is 39.1. The first-order chi connectivity index (χ1) is 13.2. The van der Waals surface area contributed by atoms with E-state index in [2.05, 4.69) is 29.0 Å². The third kappa shape index (κ3) is 6.35. The second kappa shape index (κ2) is 9.70. The molecule has 1 aliphatic rings. The summed E-state index contributed by atoms with van der Waals surface area (Å²) in [5.41, 5.74) is 0.900. The van der Waals surface area contributed by atoms with E-state index in [-0.39, 0.29) is 11.9 Å². The summed E-state index contributed by atoms with van der Waals surface area (Å²) in [5, 5.41) is 4.86. The Bertz CT molecular complexity index is 726. The molecule has 0 atom stereocenters. The van der Waals surface area contributed by atoms with Crippen LogP contribution in [0.25, 0.3) is 11.3 Å². The first-order valence-corrected chi connectivity index (χ1v) is 8.95. The molecule has 9 heteroatoms. The van der Waals surface area contributed by atoms with Gasteiger partial charge in [-0.05, 0) is 13.8 Å². The Morgan fingerprint density at radius 2 is 1.86 bits per heavy atom. The molecule has 1 saturated heterocycles. The van der Waals surface area contributed by atoms with Crippen LogP contribution in [-0.2, 0) is 10.3 Å². The highest BCUT2D eigenvalue weighted by Crippen LogP contribution is 2.30. The number of halogens is 3. The average molecular weight is 398 g/mol. The molecule has 2 heterocycles. The number of alkyl halides is 3. The van der Waals surface area contributed by atoms with Gasteiger partial charge in [-0.15, -0.1) is 0 Å². The molecule has 1 fully saturated rings. The van der Waals surface area contributed by atoms with E-state index >= 15 is 0 Å². The SMILES string of the molecule is CC(C)(c1ncc(-c2ccccc2)o1)N1CCNCC1.O=CNCC(F)(F)F. The first kappa shape index (κ1) is 21.9. The van der Waals surface area contributed by atoms with Crippen LogP contribution in [0.15, 0.2) is 40.9 Å². The number of amides is 1. The molecule has 2 N–H and O–H groups in total. The minimum Gasteiger partial charge on any atom is -0.439 e. The number of rotatable bonds is 5. The van der Waals surface area contributed by atoms with E-state index in [9.17, 15) is 18.0 Å². The number of piperazine rings is 1. The van der Waals surface area contributed by atoms with Crippen molar-refractivity contribution in [1.29, 1.82) is 0 Å². The first-order valence-electron chi connectivity index (χ1n) is 8.95. The lowest BCUT2D eigenvalue weighted by Crippen LogP contribution is -2.51. The van der Waals surface area contributed by atoms with Crippen LogP contribution >= 0.6 is 0 Å². The van der Waals surface area contributed by atoms with Gasteiger partial charge in [0.2, 0.25) is 12.3 Å². The van der Waals surface area contributed by atoms with Crippen LogP contribution in [0.5, 0.6) is 0 Å². The lowest BCUT2D eigenvalue weighted by atomic mass is 10.0. The summed E-state index contributed by atoms with van der Waals surface area (Å²) in [6, 6.07) is 10.1. The molecule has 3 rings (SSSR count). The third-order valence-electron chi connectivity index (χ3n) is 4.38. The molecule has 1 aliphatic heterocycles. The van der Waals surface area contributed by atoms with Gasteiger partial charge in [0.05, 0.1) is 11.7 Å². The Balaban J connectivity index is 0.000000300. The number of carbonyl (C=O) groups is 1. The van der Waals surface area contributed by atoms with Gasteiger partial charge in [-0.3, -0.25) is 9.69 Å². The Kier molecular flexibility index (Phi) is 7.59. The molecule has 0 saturated carbocycles. The molecule has 1 aromatic heterocycles. The van der Waals surface area contributed by atoms with Gasteiger partial charge in [0.25, 0.3) is 0 Å². The van der Waals surface area contributed by atoms with Gasteiger partial charge in [0.1, 0.15) is 6.54 Å². The summed E-state index contributed by atoms with van der Waals surface area (Å²) in [4.78, 5) is 16.2. The number of benzene rings is 1.